The second-order valence-electron chi connectivity index (χ2n) is 5.16. The molecule has 1 aromatic carbocycles. The van der Waals surface area contributed by atoms with Gasteiger partial charge in [0.25, 0.3) is 0 Å². The fraction of sp³-hybridized carbons (Fsp3) is 0.562. The van der Waals surface area contributed by atoms with Crippen molar-refractivity contribution in [1.82, 2.24) is 0 Å². The zero-order valence-corrected chi connectivity index (χ0v) is 11.4. The Kier molecular flexibility index (Phi) is 4.05. The van der Waals surface area contributed by atoms with E-state index in [1.54, 1.807) is 6.92 Å². The third-order valence-electron chi connectivity index (χ3n) is 4.10. The predicted octanol–water partition coefficient (Wildman–Crippen LogP) is 3.88. The smallest absolute Gasteiger partial charge is 0.140 e. The summed E-state index contributed by atoms with van der Waals surface area (Å²) < 4.78 is 5.46. The van der Waals surface area contributed by atoms with Crippen molar-refractivity contribution < 1.29 is 9.53 Å². The minimum Gasteiger partial charge on any atom is -0.494 e. The summed E-state index contributed by atoms with van der Waals surface area (Å²) in [6.45, 7) is 4.39. The molecule has 0 heterocycles. The van der Waals surface area contributed by atoms with E-state index in [9.17, 15) is 4.79 Å². The van der Waals surface area contributed by atoms with Crippen molar-refractivity contribution in [3.05, 3.63) is 29.8 Å². The minimum atomic E-state index is -0.233. The predicted molar refractivity (Wildman–Crippen MR) is 73.1 cm³/mol. The highest BCUT2D eigenvalue weighted by Gasteiger charge is 2.38. The molecule has 2 rings (SSSR count). The summed E-state index contributed by atoms with van der Waals surface area (Å²) in [7, 11) is 0. The van der Waals surface area contributed by atoms with Gasteiger partial charge in [0.05, 0.1) is 12.0 Å². The molecular weight excluding hydrogens is 224 g/mol. The van der Waals surface area contributed by atoms with Crippen LogP contribution in [0.4, 0.5) is 0 Å². The van der Waals surface area contributed by atoms with Gasteiger partial charge >= 0.3 is 0 Å². The van der Waals surface area contributed by atoms with Gasteiger partial charge in [-0.3, -0.25) is 4.79 Å². The molecule has 1 fully saturated rings. The number of carbonyl (C=O) groups is 1. The lowest BCUT2D eigenvalue weighted by atomic mass is 9.67. The van der Waals surface area contributed by atoms with Crippen LogP contribution in [0.25, 0.3) is 0 Å². The summed E-state index contributed by atoms with van der Waals surface area (Å²) in [5.74, 6) is 1.20. The van der Waals surface area contributed by atoms with Gasteiger partial charge in [-0.05, 0) is 44.4 Å². The van der Waals surface area contributed by atoms with Gasteiger partial charge in [-0.25, -0.2) is 0 Å². The maximum atomic E-state index is 12.1. The van der Waals surface area contributed by atoms with E-state index < -0.39 is 0 Å². The highest BCUT2D eigenvalue weighted by atomic mass is 16.5. The van der Waals surface area contributed by atoms with Crippen LogP contribution >= 0.6 is 0 Å². The molecule has 2 heteroatoms. The molecule has 0 aliphatic heterocycles. The zero-order valence-electron chi connectivity index (χ0n) is 11.4. The molecule has 0 bridgehead atoms. The lowest BCUT2D eigenvalue weighted by molar-refractivity contribution is -0.123. The van der Waals surface area contributed by atoms with Gasteiger partial charge in [-0.15, -0.1) is 0 Å². The first-order valence-corrected chi connectivity index (χ1v) is 6.93. The van der Waals surface area contributed by atoms with Crippen molar-refractivity contribution in [3.8, 4) is 5.75 Å². The minimum absolute atomic E-state index is 0.233. The van der Waals surface area contributed by atoms with E-state index in [4.69, 9.17) is 4.74 Å². The lowest BCUT2D eigenvalue weighted by Crippen LogP contribution is -2.36. The van der Waals surface area contributed by atoms with Gasteiger partial charge in [0.1, 0.15) is 11.5 Å². The highest BCUT2D eigenvalue weighted by molar-refractivity contribution is 5.88. The molecule has 0 saturated heterocycles. The van der Waals surface area contributed by atoms with Gasteiger partial charge < -0.3 is 4.74 Å². The first kappa shape index (κ1) is 13.1. The van der Waals surface area contributed by atoms with Crippen LogP contribution < -0.4 is 4.74 Å². The molecule has 0 spiro atoms. The number of Topliss-reactive ketones (excluding diaryl/α,β-unsaturated/α-hetero) is 1. The van der Waals surface area contributed by atoms with Crippen LogP contribution in [0.3, 0.4) is 0 Å². The molecule has 1 aliphatic carbocycles. The summed E-state index contributed by atoms with van der Waals surface area (Å²) in [4.78, 5) is 12.1. The summed E-state index contributed by atoms with van der Waals surface area (Å²) in [6, 6.07) is 8.10. The molecule has 0 atom stereocenters. The van der Waals surface area contributed by atoms with Gasteiger partial charge in [-0.2, -0.15) is 0 Å². The van der Waals surface area contributed by atoms with Crippen molar-refractivity contribution in [2.75, 3.05) is 6.61 Å². The summed E-state index contributed by atoms with van der Waals surface area (Å²) in [6.07, 6.45) is 5.57. The van der Waals surface area contributed by atoms with E-state index in [2.05, 4.69) is 12.1 Å². The SMILES string of the molecule is CCOc1ccc(C2(C(C)=O)CCCCC2)cc1. The van der Waals surface area contributed by atoms with Crippen LogP contribution in [0, 0.1) is 0 Å². The molecule has 0 N–H and O–H groups in total. The van der Waals surface area contributed by atoms with Gasteiger partial charge in [0, 0.05) is 0 Å². The third-order valence-corrected chi connectivity index (χ3v) is 4.10. The molecular formula is C16H22O2. The van der Waals surface area contributed by atoms with Crippen LogP contribution in [0.1, 0.15) is 51.5 Å². The van der Waals surface area contributed by atoms with E-state index in [1.165, 1.54) is 6.42 Å². The van der Waals surface area contributed by atoms with Crippen LogP contribution in [-0.2, 0) is 10.2 Å². The second kappa shape index (κ2) is 5.55. The fourth-order valence-electron chi connectivity index (χ4n) is 3.04. The van der Waals surface area contributed by atoms with Crippen LogP contribution in [0.15, 0.2) is 24.3 Å². The summed E-state index contributed by atoms with van der Waals surface area (Å²) >= 11 is 0. The first-order chi connectivity index (χ1) is 8.69. The number of carbonyl (C=O) groups excluding carboxylic acids is 1. The molecule has 0 radical (unpaired) electrons. The van der Waals surface area contributed by atoms with Crippen molar-refractivity contribution in [2.24, 2.45) is 0 Å². The number of ketones is 1. The molecule has 2 nitrogen and oxygen atoms in total. The average Bonchev–Trinajstić information content (AvgIpc) is 2.40. The van der Waals surface area contributed by atoms with Crippen molar-refractivity contribution in [3.63, 3.8) is 0 Å². The number of hydrogen-bond acceptors (Lipinski definition) is 2. The molecule has 1 aliphatic rings. The Labute approximate surface area is 109 Å². The second-order valence-corrected chi connectivity index (χ2v) is 5.16. The normalized spacial score (nSPS) is 18.3. The molecule has 98 valence electrons. The van der Waals surface area contributed by atoms with E-state index in [-0.39, 0.29) is 5.41 Å². The first-order valence-electron chi connectivity index (χ1n) is 6.93. The zero-order chi connectivity index (χ0) is 13.0. The van der Waals surface area contributed by atoms with Crippen molar-refractivity contribution in [1.29, 1.82) is 0 Å². The standard InChI is InChI=1S/C16H22O2/c1-3-18-15-9-7-14(8-10-15)16(13(2)17)11-5-4-6-12-16/h7-10H,3-6,11-12H2,1-2H3. The van der Waals surface area contributed by atoms with Gasteiger partial charge in [0.15, 0.2) is 0 Å². The molecule has 1 aromatic rings. The third kappa shape index (κ3) is 2.43. The quantitative estimate of drug-likeness (QED) is 0.806. The van der Waals surface area contributed by atoms with E-state index in [0.29, 0.717) is 12.4 Å². The maximum absolute atomic E-state index is 12.1. The van der Waals surface area contributed by atoms with E-state index >= 15 is 0 Å². The molecule has 0 aromatic heterocycles. The molecule has 0 amide bonds. The maximum Gasteiger partial charge on any atom is 0.140 e. The Bertz CT molecular complexity index is 400. The van der Waals surface area contributed by atoms with Crippen molar-refractivity contribution >= 4 is 5.78 Å². The topological polar surface area (TPSA) is 26.3 Å². The molecule has 1 saturated carbocycles. The Morgan fingerprint density at radius 3 is 2.28 bits per heavy atom. The Balaban J connectivity index is 2.28. The number of rotatable bonds is 4. The Hall–Kier alpha value is -1.31. The van der Waals surface area contributed by atoms with Crippen molar-refractivity contribution in [2.45, 2.75) is 51.4 Å². The van der Waals surface area contributed by atoms with E-state index in [0.717, 1.165) is 37.0 Å². The monoisotopic (exact) mass is 246 g/mol. The van der Waals surface area contributed by atoms with Crippen LogP contribution in [0.5, 0.6) is 5.75 Å². The summed E-state index contributed by atoms with van der Waals surface area (Å²) in [5.41, 5.74) is 0.932. The largest absolute Gasteiger partial charge is 0.494 e. The lowest BCUT2D eigenvalue weighted by Gasteiger charge is -2.35. The summed E-state index contributed by atoms with van der Waals surface area (Å²) in [5, 5.41) is 0. The number of hydrogen-bond donors (Lipinski definition) is 0. The number of ether oxygens (including phenoxy) is 1. The number of benzene rings is 1. The highest BCUT2D eigenvalue weighted by Crippen LogP contribution is 2.40. The Morgan fingerprint density at radius 2 is 1.78 bits per heavy atom. The fourth-order valence-corrected chi connectivity index (χ4v) is 3.04. The van der Waals surface area contributed by atoms with Gasteiger partial charge in [0.2, 0.25) is 0 Å². The molecule has 0 unspecified atom stereocenters. The van der Waals surface area contributed by atoms with Crippen LogP contribution in [-0.4, -0.2) is 12.4 Å². The van der Waals surface area contributed by atoms with E-state index in [1.807, 2.05) is 19.1 Å². The van der Waals surface area contributed by atoms with Gasteiger partial charge in [-0.1, -0.05) is 31.4 Å². The van der Waals surface area contributed by atoms with Crippen LogP contribution in [0.2, 0.25) is 0 Å². The Morgan fingerprint density at radius 1 is 1.17 bits per heavy atom. The molecule has 18 heavy (non-hydrogen) atoms. The average molecular weight is 246 g/mol.